The average Bonchev–Trinajstić information content (AvgIpc) is 3.04. The van der Waals surface area contributed by atoms with E-state index < -0.39 is 5.91 Å². The Morgan fingerprint density at radius 2 is 2.19 bits per heavy atom. The molecule has 1 saturated heterocycles. The molecule has 1 aromatic carbocycles. The molecule has 1 aromatic rings. The number of halogens is 1. The van der Waals surface area contributed by atoms with E-state index in [2.05, 4.69) is 23.8 Å². The highest BCUT2D eigenvalue weighted by atomic mass is 19.1. The first kappa shape index (κ1) is 17.9. The smallest absolute Gasteiger partial charge is 0.274 e. The first-order chi connectivity index (χ1) is 12.4. The molecule has 3 aliphatic rings. The molecule has 0 radical (unpaired) electrons. The summed E-state index contributed by atoms with van der Waals surface area (Å²) >= 11 is 0. The summed E-state index contributed by atoms with van der Waals surface area (Å²) in [6, 6.07) is 3.87. The normalized spacial score (nSPS) is 28.0. The SMILES string of the molecule is CC[C@@H]1Cc2c(F)cc(C(=O)NO)cc2CN1[C@H]1CCC2(C1)CN(C)C2. The van der Waals surface area contributed by atoms with Crippen LogP contribution in [0, 0.1) is 11.2 Å². The molecular weight excluding hydrogens is 333 g/mol. The molecule has 4 rings (SSSR count). The van der Waals surface area contributed by atoms with Crippen molar-refractivity contribution in [1.29, 1.82) is 0 Å². The molecule has 2 aliphatic heterocycles. The highest BCUT2D eigenvalue weighted by Gasteiger charge is 2.49. The van der Waals surface area contributed by atoms with Gasteiger partial charge in [0.05, 0.1) is 0 Å². The lowest BCUT2D eigenvalue weighted by atomic mass is 9.78. The fourth-order valence-electron chi connectivity index (χ4n) is 5.59. The topological polar surface area (TPSA) is 55.8 Å². The van der Waals surface area contributed by atoms with E-state index in [-0.39, 0.29) is 11.4 Å². The predicted molar refractivity (Wildman–Crippen MR) is 96.5 cm³/mol. The van der Waals surface area contributed by atoms with E-state index in [9.17, 15) is 9.18 Å². The zero-order chi connectivity index (χ0) is 18.5. The van der Waals surface area contributed by atoms with Crippen molar-refractivity contribution in [3.63, 3.8) is 0 Å². The van der Waals surface area contributed by atoms with Crippen LogP contribution < -0.4 is 5.48 Å². The first-order valence-electron chi connectivity index (χ1n) is 9.65. The molecule has 2 N–H and O–H groups in total. The largest absolute Gasteiger partial charge is 0.305 e. The van der Waals surface area contributed by atoms with Crippen LogP contribution >= 0.6 is 0 Å². The molecule has 2 heterocycles. The number of benzene rings is 1. The van der Waals surface area contributed by atoms with Gasteiger partial charge in [-0.1, -0.05) is 6.92 Å². The Kier molecular flexibility index (Phi) is 4.53. The quantitative estimate of drug-likeness (QED) is 0.642. The van der Waals surface area contributed by atoms with E-state index in [1.54, 1.807) is 11.5 Å². The number of carbonyl (C=O) groups excluding carboxylic acids is 1. The fourth-order valence-corrected chi connectivity index (χ4v) is 5.59. The van der Waals surface area contributed by atoms with E-state index in [0.29, 0.717) is 30.5 Å². The summed E-state index contributed by atoms with van der Waals surface area (Å²) in [6.07, 6.45) is 5.41. The minimum Gasteiger partial charge on any atom is -0.305 e. The maximum atomic E-state index is 14.6. The minimum absolute atomic E-state index is 0.183. The standard InChI is InChI=1S/C20H28FN3O2/c1-3-15-8-17-14(6-13(7-18(17)21)19(25)22-26)10-24(15)16-4-5-20(9-16)11-23(2)12-20/h6-7,15-16,26H,3-5,8-12H2,1-2H3,(H,22,25)/t15-,16+/m1/s1. The Balaban J connectivity index is 1.58. The van der Waals surface area contributed by atoms with Gasteiger partial charge in [0, 0.05) is 37.3 Å². The number of hydroxylamine groups is 1. The third-order valence-electron chi connectivity index (χ3n) is 6.74. The van der Waals surface area contributed by atoms with Gasteiger partial charge in [0.15, 0.2) is 0 Å². The monoisotopic (exact) mass is 361 g/mol. The van der Waals surface area contributed by atoms with Crippen LogP contribution in [0.3, 0.4) is 0 Å². The van der Waals surface area contributed by atoms with Gasteiger partial charge < -0.3 is 4.90 Å². The molecule has 1 aliphatic carbocycles. The van der Waals surface area contributed by atoms with Crippen molar-refractivity contribution in [3.05, 3.63) is 34.6 Å². The van der Waals surface area contributed by atoms with Crippen LogP contribution in [0.25, 0.3) is 0 Å². The summed E-state index contributed by atoms with van der Waals surface area (Å²) in [5, 5.41) is 8.86. The van der Waals surface area contributed by atoms with Gasteiger partial charge in [-0.3, -0.25) is 14.9 Å². The lowest BCUT2D eigenvalue weighted by Gasteiger charge is -2.48. The summed E-state index contributed by atoms with van der Waals surface area (Å²) in [4.78, 5) is 16.7. The van der Waals surface area contributed by atoms with Crippen LogP contribution in [0.5, 0.6) is 0 Å². The Bertz CT molecular complexity index is 717. The average molecular weight is 361 g/mol. The van der Waals surface area contributed by atoms with Gasteiger partial charge in [-0.05, 0) is 67.8 Å². The predicted octanol–water partition coefficient (Wildman–Crippen LogP) is 2.57. The summed E-state index contributed by atoms with van der Waals surface area (Å²) in [5.41, 5.74) is 3.90. The molecule has 26 heavy (non-hydrogen) atoms. The van der Waals surface area contributed by atoms with E-state index in [1.165, 1.54) is 38.4 Å². The number of likely N-dealkylation sites (tertiary alicyclic amines) is 1. The second kappa shape index (κ2) is 6.59. The maximum Gasteiger partial charge on any atom is 0.274 e. The number of nitrogens with one attached hydrogen (secondary N) is 1. The summed E-state index contributed by atoms with van der Waals surface area (Å²) in [5.74, 6) is -0.990. The fraction of sp³-hybridized carbons (Fsp3) is 0.650. The van der Waals surface area contributed by atoms with Gasteiger partial charge in [-0.25, -0.2) is 9.87 Å². The molecule has 0 bridgehead atoms. The van der Waals surface area contributed by atoms with Crippen LogP contribution in [-0.4, -0.2) is 53.1 Å². The molecule has 1 spiro atoms. The Morgan fingerprint density at radius 3 is 2.85 bits per heavy atom. The summed E-state index contributed by atoms with van der Waals surface area (Å²) in [7, 11) is 2.18. The molecular formula is C20H28FN3O2. The number of fused-ring (bicyclic) bond motifs is 1. The van der Waals surface area contributed by atoms with E-state index in [0.717, 1.165) is 17.5 Å². The highest BCUT2D eigenvalue weighted by molar-refractivity contribution is 5.93. The van der Waals surface area contributed by atoms with Crippen LogP contribution in [0.2, 0.25) is 0 Å². The zero-order valence-corrected chi connectivity index (χ0v) is 15.6. The lowest BCUT2D eigenvalue weighted by Crippen LogP contribution is -2.54. The van der Waals surface area contributed by atoms with Crippen LogP contribution in [0.4, 0.5) is 4.39 Å². The van der Waals surface area contributed by atoms with Crippen molar-refractivity contribution in [1.82, 2.24) is 15.3 Å². The van der Waals surface area contributed by atoms with Crippen LogP contribution in [0.1, 0.15) is 54.1 Å². The number of carbonyl (C=O) groups is 1. The number of hydrogen-bond acceptors (Lipinski definition) is 4. The zero-order valence-electron chi connectivity index (χ0n) is 15.6. The molecule has 6 heteroatoms. The minimum atomic E-state index is -0.659. The molecule has 5 nitrogen and oxygen atoms in total. The van der Waals surface area contributed by atoms with Crippen molar-refractivity contribution in [3.8, 4) is 0 Å². The second-order valence-corrected chi connectivity index (χ2v) is 8.54. The Labute approximate surface area is 154 Å². The van der Waals surface area contributed by atoms with Gasteiger partial charge >= 0.3 is 0 Å². The van der Waals surface area contributed by atoms with Crippen molar-refractivity contribution in [2.45, 2.75) is 57.7 Å². The van der Waals surface area contributed by atoms with Gasteiger partial charge in [-0.2, -0.15) is 0 Å². The van der Waals surface area contributed by atoms with Crippen molar-refractivity contribution < 1.29 is 14.4 Å². The summed E-state index contributed by atoms with van der Waals surface area (Å²) < 4.78 is 14.6. The third-order valence-corrected chi connectivity index (χ3v) is 6.74. The van der Waals surface area contributed by atoms with Gasteiger partial charge in [0.2, 0.25) is 0 Å². The van der Waals surface area contributed by atoms with E-state index in [4.69, 9.17) is 5.21 Å². The molecule has 142 valence electrons. The van der Waals surface area contributed by atoms with Gasteiger partial charge in [0.1, 0.15) is 5.82 Å². The van der Waals surface area contributed by atoms with E-state index in [1.807, 2.05) is 0 Å². The number of nitrogens with zero attached hydrogens (tertiary/aromatic N) is 2. The second-order valence-electron chi connectivity index (χ2n) is 8.54. The molecule has 1 amide bonds. The molecule has 2 fully saturated rings. The van der Waals surface area contributed by atoms with Crippen LogP contribution in [-0.2, 0) is 13.0 Å². The van der Waals surface area contributed by atoms with Gasteiger partial charge in [-0.15, -0.1) is 0 Å². The van der Waals surface area contributed by atoms with Crippen molar-refractivity contribution >= 4 is 5.91 Å². The molecule has 0 aromatic heterocycles. The summed E-state index contributed by atoms with van der Waals surface area (Å²) in [6.45, 7) is 5.25. The Morgan fingerprint density at radius 1 is 1.42 bits per heavy atom. The molecule has 2 atom stereocenters. The Hall–Kier alpha value is -1.50. The van der Waals surface area contributed by atoms with Crippen LogP contribution in [0.15, 0.2) is 12.1 Å². The first-order valence-corrected chi connectivity index (χ1v) is 9.65. The number of rotatable bonds is 3. The third kappa shape index (κ3) is 2.94. The van der Waals surface area contributed by atoms with Crippen molar-refractivity contribution in [2.24, 2.45) is 5.41 Å². The lowest BCUT2D eigenvalue weighted by molar-refractivity contribution is 0.0146. The molecule has 0 unspecified atom stereocenters. The van der Waals surface area contributed by atoms with Crippen molar-refractivity contribution in [2.75, 3.05) is 20.1 Å². The van der Waals surface area contributed by atoms with E-state index >= 15 is 0 Å². The number of amides is 1. The highest BCUT2D eigenvalue weighted by Crippen LogP contribution is 2.48. The molecule has 1 saturated carbocycles. The number of hydrogen-bond donors (Lipinski definition) is 2. The van der Waals surface area contributed by atoms with Gasteiger partial charge in [0.25, 0.3) is 5.91 Å². The maximum absolute atomic E-state index is 14.6.